The SMILES string of the molecule is CC(C)c1ccccc1Nc1ccc(C(=O)Nc2ccccc2C#N)nc1. The number of amides is 1. The molecule has 0 aliphatic carbocycles. The quantitative estimate of drug-likeness (QED) is 0.669. The molecule has 0 unspecified atom stereocenters. The highest BCUT2D eigenvalue weighted by molar-refractivity contribution is 6.03. The maximum absolute atomic E-state index is 12.4. The zero-order valence-corrected chi connectivity index (χ0v) is 15.2. The number of hydrogen-bond donors (Lipinski definition) is 2. The lowest BCUT2D eigenvalue weighted by Gasteiger charge is -2.14. The van der Waals surface area contributed by atoms with Crippen molar-refractivity contribution in [2.24, 2.45) is 0 Å². The first kappa shape index (κ1) is 18.2. The molecule has 2 N–H and O–H groups in total. The smallest absolute Gasteiger partial charge is 0.274 e. The number of anilines is 3. The fourth-order valence-corrected chi connectivity index (χ4v) is 2.75. The molecule has 2 aromatic carbocycles. The summed E-state index contributed by atoms with van der Waals surface area (Å²) in [5.41, 5.74) is 4.21. The third-order valence-corrected chi connectivity index (χ3v) is 4.15. The van der Waals surface area contributed by atoms with Crippen molar-refractivity contribution in [1.29, 1.82) is 5.26 Å². The molecule has 134 valence electrons. The van der Waals surface area contributed by atoms with E-state index in [0.29, 0.717) is 17.2 Å². The summed E-state index contributed by atoms with van der Waals surface area (Å²) in [6.45, 7) is 4.29. The Balaban J connectivity index is 1.74. The predicted molar refractivity (Wildman–Crippen MR) is 107 cm³/mol. The van der Waals surface area contributed by atoms with Crippen LogP contribution < -0.4 is 10.6 Å². The number of hydrogen-bond acceptors (Lipinski definition) is 4. The number of nitriles is 1. The lowest BCUT2D eigenvalue weighted by atomic mass is 10.0. The Morgan fingerprint density at radius 1 is 1.00 bits per heavy atom. The summed E-state index contributed by atoms with van der Waals surface area (Å²) < 4.78 is 0. The van der Waals surface area contributed by atoms with E-state index in [1.165, 1.54) is 5.56 Å². The minimum absolute atomic E-state index is 0.283. The number of nitrogens with one attached hydrogen (secondary N) is 2. The van der Waals surface area contributed by atoms with Gasteiger partial charge in [0.2, 0.25) is 0 Å². The summed E-state index contributed by atoms with van der Waals surface area (Å²) in [6, 6.07) is 20.5. The second-order valence-electron chi connectivity index (χ2n) is 6.41. The van der Waals surface area contributed by atoms with Gasteiger partial charge in [0.1, 0.15) is 11.8 Å². The van der Waals surface area contributed by atoms with Gasteiger partial charge in [-0.3, -0.25) is 4.79 Å². The Hall–Kier alpha value is -3.65. The van der Waals surface area contributed by atoms with E-state index in [-0.39, 0.29) is 11.6 Å². The number of nitrogens with zero attached hydrogens (tertiary/aromatic N) is 2. The van der Waals surface area contributed by atoms with Crippen molar-refractivity contribution in [2.75, 3.05) is 10.6 Å². The third kappa shape index (κ3) is 4.31. The molecule has 3 rings (SSSR count). The molecule has 1 amide bonds. The topological polar surface area (TPSA) is 77.8 Å². The second-order valence-corrected chi connectivity index (χ2v) is 6.41. The first-order valence-corrected chi connectivity index (χ1v) is 8.71. The summed E-state index contributed by atoms with van der Waals surface area (Å²) in [5.74, 6) is 0.0405. The van der Waals surface area contributed by atoms with Gasteiger partial charge >= 0.3 is 0 Å². The zero-order valence-electron chi connectivity index (χ0n) is 15.2. The molecule has 0 atom stereocenters. The van der Waals surface area contributed by atoms with Gasteiger partial charge in [-0.05, 0) is 41.8 Å². The van der Waals surface area contributed by atoms with Gasteiger partial charge in [0.15, 0.2) is 0 Å². The van der Waals surface area contributed by atoms with E-state index < -0.39 is 0 Å². The summed E-state index contributed by atoms with van der Waals surface area (Å²) in [6.07, 6.45) is 1.63. The number of rotatable bonds is 5. The van der Waals surface area contributed by atoms with E-state index >= 15 is 0 Å². The molecule has 0 aliphatic heterocycles. The number of aromatic nitrogens is 1. The van der Waals surface area contributed by atoms with Gasteiger partial charge in [0.25, 0.3) is 5.91 Å². The third-order valence-electron chi connectivity index (χ3n) is 4.15. The molecule has 0 fully saturated rings. The first-order chi connectivity index (χ1) is 13.1. The second kappa shape index (κ2) is 8.15. The van der Waals surface area contributed by atoms with Gasteiger partial charge < -0.3 is 10.6 Å². The van der Waals surface area contributed by atoms with E-state index in [1.807, 2.05) is 24.3 Å². The van der Waals surface area contributed by atoms with Gasteiger partial charge in [0.05, 0.1) is 23.1 Å². The number of para-hydroxylation sites is 2. The van der Waals surface area contributed by atoms with Crippen molar-refractivity contribution in [1.82, 2.24) is 4.98 Å². The Morgan fingerprint density at radius 3 is 2.37 bits per heavy atom. The van der Waals surface area contributed by atoms with Crippen molar-refractivity contribution in [3.8, 4) is 6.07 Å². The number of pyridine rings is 1. The minimum atomic E-state index is -0.355. The van der Waals surface area contributed by atoms with Gasteiger partial charge in [-0.1, -0.05) is 44.2 Å². The normalized spacial score (nSPS) is 10.3. The Kier molecular flexibility index (Phi) is 5.48. The van der Waals surface area contributed by atoms with Gasteiger partial charge in [-0.25, -0.2) is 4.98 Å². The molecule has 0 aliphatic rings. The molecular formula is C22H20N4O. The molecule has 0 radical (unpaired) electrons. The molecule has 0 saturated carbocycles. The fraction of sp³-hybridized carbons (Fsp3) is 0.136. The van der Waals surface area contributed by atoms with Crippen molar-refractivity contribution in [3.05, 3.63) is 83.7 Å². The molecule has 0 spiro atoms. The maximum atomic E-state index is 12.4. The zero-order chi connectivity index (χ0) is 19.2. The molecule has 1 aromatic heterocycles. The molecule has 27 heavy (non-hydrogen) atoms. The van der Waals surface area contributed by atoms with Gasteiger partial charge in [-0.2, -0.15) is 5.26 Å². The molecule has 3 aromatic rings. The van der Waals surface area contributed by atoms with E-state index in [2.05, 4.69) is 41.6 Å². The Labute approximate surface area is 158 Å². The van der Waals surface area contributed by atoms with Crippen LogP contribution in [-0.2, 0) is 0 Å². The average Bonchev–Trinajstić information content (AvgIpc) is 2.69. The van der Waals surface area contributed by atoms with Gasteiger partial charge in [-0.15, -0.1) is 0 Å². The van der Waals surface area contributed by atoms with E-state index in [0.717, 1.165) is 11.4 Å². The monoisotopic (exact) mass is 356 g/mol. The fourth-order valence-electron chi connectivity index (χ4n) is 2.75. The molecule has 5 nitrogen and oxygen atoms in total. The van der Waals surface area contributed by atoms with Crippen LogP contribution in [0.2, 0.25) is 0 Å². The van der Waals surface area contributed by atoms with Crippen LogP contribution in [0.1, 0.15) is 41.4 Å². The van der Waals surface area contributed by atoms with Crippen LogP contribution in [0.3, 0.4) is 0 Å². The molecule has 0 saturated heterocycles. The number of carbonyl (C=O) groups excluding carboxylic acids is 1. The highest BCUT2D eigenvalue weighted by Gasteiger charge is 2.11. The molecule has 0 bridgehead atoms. The van der Waals surface area contributed by atoms with Crippen LogP contribution in [0.15, 0.2) is 66.9 Å². The lowest BCUT2D eigenvalue weighted by Crippen LogP contribution is -2.14. The van der Waals surface area contributed by atoms with Crippen LogP contribution in [0, 0.1) is 11.3 Å². The van der Waals surface area contributed by atoms with Crippen LogP contribution in [0.4, 0.5) is 17.1 Å². The summed E-state index contributed by atoms with van der Waals surface area (Å²) >= 11 is 0. The standard InChI is InChI=1S/C22H20N4O/c1-15(2)18-8-4-6-10-20(18)25-17-11-12-21(24-14-17)22(27)26-19-9-5-3-7-16(19)13-23/h3-12,14-15,25H,1-2H3,(H,26,27). The molecule has 5 heteroatoms. The van der Waals surface area contributed by atoms with Gasteiger partial charge in [0, 0.05) is 5.69 Å². The highest BCUT2D eigenvalue weighted by Crippen LogP contribution is 2.26. The number of carbonyl (C=O) groups is 1. The van der Waals surface area contributed by atoms with Crippen LogP contribution >= 0.6 is 0 Å². The van der Waals surface area contributed by atoms with E-state index in [4.69, 9.17) is 5.26 Å². The molecular weight excluding hydrogens is 336 g/mol. The van der Waals surface area contributed by atoms with Crippen LogP contribution in [0.5, 0.6) is 0 Å². The summed E-state index contributed by atoms with van der Waals surface area (Å²) in [5, 5.41) is 15.2. The average molecular weight is 356 g/mol. The van der Waals surface area contributed by atoms with E-state index in [1.54, 1.807) is 36.5 Å². The Morgan fingerprint density at radius 2 is 1.70 bits per heavy atom. The van der Waals surface area contributed by atoms with Crippen molar-refractivity contribution in [3.63, 3.8) is 0 Å². The predicted octanol–water partition coefficient (Wildman–Crippen LogP) is 5.07. The summed E-state index contributed by atoms with van der Waals surface area (Å²) in [7, 11) is 0. The molecule has 1 heterocycles. The summed E-state index contributed by atoms with van der Waals surface area (Å²) in [4.78, 5) is 16.6. The Bertz CT molecular complexity index is 988. The van der Waals surface area contributed by atoms with Crippen LogP contribution in [0.25, 0.3) is 0 Å². The van der Waals surface area contributed by atoms with Crippen molar-refractivity contribution in [2.45, 2.75) is 19.8 Å². The maximum Gasteiger partial charge on any atom is 0.274 e. The van der Waals surface area contributed by atoms with Crippen LogP contribution in [-0.4, -0.2) is 10.9 Å². The number of benzene rings is 2. The minimum Gasteiger partial charge on any atom is -0.354 e. The van der Waals surface area contributed by atoms with Crippen molar-refractivity contribution < 1.29 is 4.79 Å². The highest BCUT2D eigenvalue weighted by atomic mass is 16.1. The van der Waals surface area contributed by atoms with E-state index in [9.17, 15) is 4.79 Å². The van der Waals surface area contributed by atoms with Crippen molar-refractivity contribution >= 4 is 23.0 Å². The first-order valence-electron chi connectivity index (χ1n) is 8.71. The largest absolute Gasteiger partial charge is 0.354 e. The lowest BCUT2D eigenvalue weighted by molar-refractivity contribution is 0.102.